The molecule has 0 amide bonds. The Bertz CT molecular complexity index is 598. The third-order valence-electron chi connectivity index (χ3n) is 3.09. The summed E-state index contributed by atoms with van der Waals surface area (Å²) in [4.78, 5) is 20.0. The summed E-state index contributed by atoms with van der Waals surface area (Å²) in [5, 5.41) is 0. The van der Waals surface area contributed by atoms with E-state index >= 15 is 0 Å². The minimum atomic E-state index is -2.96. The lowest BCUT2D eigenvalue weighted by Gasteiger charge is -2.09. The molecule has 0 saturated carbocycles. The van der Waals surface area contributed by atoms with Crippen molar-refractivity contribution >= 4 is 15.8 Å². The van der Waals surface area contributed by atoms with Crippen LogP contribution in [0.4, 0.5) is 0 Å². The number of carbonyl (C=O) groups excluding carboxylic acids is 1. The van der Waals surface area contributed by atoms with Gasteiger partial charge < -0.3 is 4.74 Å². The first kappa shape index (κ1) is 13.9. The van der Waals surface area contributed by atoms with Gasteiger partial charge in [-0.2, -0.15) is 0 Å². The molecule has 2 rings (SSSR count). The maximum atomic E-state index is 11.6. The highest BCUT2D eigenvalue weighted by Gasteiger charge is 2.31. The Kier molecular flexibility index (Phi) is 3.84. The van der Waals surface area contributed by atoms with E-state index in [2.05, 4.69) is 9.97 Å². The van der Waals surface area contributed by atoms with E-state index in [1.54, 1.807) is 13.8 Å². The van der Waals surface area contributed by atoms with E-state index in [4.69, 9.17) is 4.74 Å². The van der Waals surface area contributed by atoms with Crippen LogP contribution in [0, 0.1) is 6.92 Å². The van der Waals surface area contributed by atoms with E-state index in [0.29, 0.717) is 30.1 Å². The molecular formula is C12H16N2O4S. The molecule has 0 N–H and O–H groups in total. The molecule has 0 radical (unpaired) electrons. The standard InChI is InChI=1S/C12H16N2O4S/c1-3-18-12(15)10-6-13-11(14-8(10)2)9-4-5-19(16,17)7-9/h6,9H,3-5,7H2,1-2H3. The van der Waals surface area contributed by atoms with Crippen LogP contribution in [-0.4, -0.2) is 42.5 Å². The van der Waals surface area contributed by atoms with E-state index in [9.17, 15) is 13.2 Å². The van der Waals surface area contributed by atoms with Gasteiger partial charge in [0.15, 0.2) is 9.84 Å². The fraction of sp³-hybridized carbons (Fsp3) is 0.583. The number of aromatic nitrogens is 2. The Morgan fingerprint density at radius 2 is 2.26 bits per heavy atom. The molecule has 0 spiro atoms. The molecule has 1 aromatic heterocycles. The number of aryl methyl sites for hydroxylation is 1. The molecule has 2 heterocycles. The molecule has 19 heavy (non-hydrogen) atoms. The maximum Gasteiger partial charge on any atom is 0.341 e. The molecule has 1 unspecified atom stereocenters. The average Bonchev–Trinajstić information content (AvgIpc) is 2.70. The predicted molar refractivity (Wildman–Crippen MR) is 68.7 cm³/mol. The average molecular weight is 284 g/mol. The van der Waals surface area contributed by atoms with Gasteiger partial charge >= 0.3 is 5.97 Å². The molecule has 6 nitrogen and oxygen atoms in total. The first-order valence-electron chi connectivity index (χ1n) is 6.14. The van der Waals surface area contributed by atoms with Crippen molar-refractivity contribution in [3.05, 3.63) is 23.3 Å². The van der Waals surface area contributed by atoms with Gasteiger partial charge in [-0.1, -0.05) is 0 Å². The van der Waals surface area contributed by atoms with Crippen LogP contribution in [0.3, 0.4) is 0 Å². The summed E-state index contributed by atoms with van der Waals surface area (Å²) in [6.07, 6.45) is 1.96. The van der Waals surface area contributed by atoms with E-state index in [0.717, 1.165) is 0 Å². The lowest BCUT2D eigenvalue weighted by molar-refractivity contribution is 0.0524. The summed E-state index contributed by atoms with van der Waals surface area (Å²) < 4.78 is 27.8. The number of nitrogens with zero attached hydrogens (tertiary/aromatic N) is 2. The fourth-order valence-electron chi connectivity index (χ4n) is 2.09. The molecule has 104 valence electrons. The highest BCUT2D eigenvalue weighted by molar-refractivity contribution is 7.91. The summed E-state index contributed by atoms with van der Waals surface area (Å²) in [5.41, 5.74) is 0.846. The summed E-state index contributed by atoms with van der Waals surface area (Å²) in [5.74, 6) is 0.141. The highest BCUT2D eigenvalue weighted by Crippen LogP contribution is 2.26. The van der Waals surface area contributed by atoms with Crippen molar-refractivity contribution in [1.29, 1.82) is 0 Å². The number of sulfone groups is 1. The van der Waals surface area contributed by atoms with Gasteiger partial charge in [0.1, 0.15) is 5.82 Å². The molecule has 0 aliphatic carbocycles. The van der Waals surface area contributed by atoms with Crippen molar-refractivity contribution in [3.8, 4) is 0 Å². The monoisotopic (exact) mass is 284 g/mol. The van der Waals surface area contributed by atoms with Crippen molar-refractivity contribution in [2.75, 3.05) is 18.1 Å². The third kappa shape index (κ3) is 3.09. The molecule has 1 saturated heterocycles. The molecule has 1 aliphatic rings. The summed E-state index contributed by atoms with van der Waals surface area (Å²) in [6.45, 7) is 3.72. The zero-order valence-electron chi connectivity index (χ0n) is 10.9. The van der Waals surface area contributed by atoms with Gasteiger partial charge in [0.05, 0.1) is 29.4 Å². The molecule has 1 aliphatic heterocycles. The summed E-state index contributed by atoms with van der Waals surface area (Å²) in [7, 11) is -2.96. The third-order valence-corrected chi connectivity index (χ3v) is 4.86. The topological polar surface area (TPSA) is 86.2 Å². The van der Waals surface area contributed by atoms with Gasteiger partial charge in [-0.05, 0) is 20.3 Å². The first-order valence-corrected chi connectivity index (χ1v) is 7.96. The van der Waals surface area contributed by atoms with Crippen LogP contribution in [0.5, 0.6) is 0 Å². The number of esters is 1. The zero-order chi connectivity index (χ0) is 14.0. The summed E-state index contributed by atoms with van der Waals surface area (Å²) in [6, 6.07) is 0. The molecule has 7 heteroatoms. The van der Waals surface area contributed by atoms with E-state index in [1.807, 2.05) is 0 Å². The number of hydrogen-bond donors (Lipinski definition) is 0. The Morgan fingerprint density at radius 1 is 1.53 bits per heavy atom. The second-order valence-corrected chi connectivity index (χ2v) is 6.78. The van der Waals surface area contributed by atoms with Crippen LogP contribution < -0.4 is 0 Å². The van der Waals surface area contributed by atoms with Gasteiger partial charge in [-0.15, -0.1) is 0 Å². The minimum absolute atomic E-state index is 0.0885. The normalized spacial score (nSPS) is 21.3. The fourth-order valence-corrected chi connectivity index (χ4v) is 3.83. The molecule has 0 aromatic carbocycles. The van der Waals surface area contributed by atoms with Gasteiger partial charge in [-0.3, -0.25) is 0 Å². The van der Waals surface area contributed by atoms with Crippen LogP contribution >= 0.6 is 0 Å². The number of rotatable bonds is 3. The maximum absolute atomic E-state index is 11.6. The van der Waals surface area contributed by atoms with Crippen molar-refractivity contribution in [2.24, 2.45) is 0 Å². The minimum Gasteiger partial charge on any atom is -0.462 e. The van der Waals surface area contributed by atoms with E-state index < -0.39 is 15.8 Å². The lowest BCUT2D eigenvalue weighted by atomic mass is 10.1. The molecule has 1 fully saturated rings. The van der Waals surface area contributed by atoms with Crippen molar-refractivity contribution in [1.82, 2.24) is 9.97 Å². The van der Waals surface area contributed by atoms with Crippen LogP contribution in [0.15, 0.2) is 6.20 Å². The second kappa shape index (κ2) is 5.24. The van der Waals surface area contributed by atoms with Gasteiger partial charge in [-0.25, -0.2) is 23.2 Å². The summed E-state index contributed by atoms with van der Waals surface area (Å²) >= 11 is 0. The quantitative estimate of drug-likeness (QED) is 0.765. The zero-order valence-corrected chi connectivity index (χ0v) is 11.7. The molecule has 1 aromatic rings. The Balaban J connectivity index is 2.22. The SMILES string of the molecule is CCOC(=O)c1cnc(C2CCS(=O)(=O)C2)nc1C. The van der Waals surface area contributed by atoms with E-state index in [-0.39, 0.29) is 17.4 Å². The smallest absolute Gasteiger partial charge is 0.341 e. The van der Waals surface area contributed by atoms with Gasteiger partial charge in [0, 0.05) is 12.1 Å². The number of hydrogen-bond acceptors (Lipinski definition) is 6. The Hall–Kier alpha value is -1.50. The number of ether oxygens (including phenoxy) is 1. The van der Waals surface area contributed by atoms with Crippen LogP contribution in [0.1, 0.15) is 41.1 Å². The number of carbonyl (C=O) groups is 1. The van der Waals surface area contributed by atoms with Gasteiger partial charge in [0.2, 0.25) is 0 Å². The van der Waals surface area contributed by atoms with E-state index in [1.165, 1.54) is 6.20 Å². The molecular weight excluding hydrogens is 268 g/mol. The molecule has 0 bridgehead atoms. The highest BCUT2D eigenvalue weighted by atomic mass is 32.2. The first-order chi connectivity index (χ1) is 8.93. The van der Waals surface area contributed by atoms with Crippen molar-refractivity contribution in [2.45, 2.75) is 26.2 Å². The molecule has 1 atom stereocenters. The Morgan fingerprint density at radius 3 is 2.79 bits per heavy atom. The van der Waals surface area contributed by atoms with Crippen LogP contribution in [0.25, 0.3) is 0 Å². The van der Waals surface area contributed by atoms with Crippen molar-refractivity contribution in [3.63, 3.8) is 0 Å². The van der Waals surface area contributed by atoms with Crippen LogP contribution in [-0.2, 0) is 14.6 Å². The largest absolute Gasteiger partial charge is 0.462 e. The Labute approximate surface area is 112 Å². The lowest BCUT2D eigenvalue weighted by Crippen LogP contribution is -2.13. The van der Waals surface area contributed by atoms with Crippen molar-refractivity contribution < 1.29 is 17.9 Å². The van der Waals surface area contributed by atoms with Crippen LogP contribution in [0.2, 0.25) is 0 Å². The van der Waals surface area contributed by atoms with Gasteiger partial charge in [0.25, 0.3) is 0 Å². The predicted octanol–water partition coefficient (Wildman–Crippen LogP) is 0.864. The second-order valence-electron chi connectivity index (χ2n) is 4.55.